The number of hydrogen-bond acceptors (Lipinski definition) is 6. The summed E-state index contributed by atoms with van der Waals surface area (Å²) in [6.07, 6.45) is 4.86. The third-order valence-electron chi connectivity index (χ3n) is 14.5. The second kappa shape index (κ2) is 14.9. The molecule has 2 aromatic carbocycles. The Morgan fingerprint density at radius 3 is 1.24 bits per heavy atom. The number of hydrogen-bond donors (Lipinski definition) is 0. The minimum atomic E-state index is -1.56. The summed E-state index contributed by atoms with van der Waals surface area (Å²) in [6.45, 7) is 22.4. The smallest absolute Gasteiger partial charge is 0.324 e. The molecule has 0 spiro atoms. The number of carbonyl (C=O) groups is 2. The van der Waals surface area contributed by atoms with Crippen molar-refractivity contribution in [1.29, 1.82) is 0 Å². The highest BCUT2D eigenvalue weighted by atomic mass is 16.6. The van der Waals surface area contributed by atoms with Gasteiger partial charge in [0.05, 0.1) is 0 Å². The average Bonchev–Trinajstić information content (AvgIpc) is 3.11. The summed E-state index contributed by atoms with van der Waals surface area (Å²) in [5.74, 6) is -0.809. The van der Waals surface area contributed by atoms with Crippen LogP contribution in [0.1, 0.15) is 119 Å². The van der Waals surface area contributed by atoms with E-state index in [1.807, 2.05) is 60.7 Å². The van der Waals surface area contributed by atoms with Gasteiger partial charge in [-0.05, 0) is 91.4 Å². The molecule has 2 heterocycles. The summed E-state index contributed by atoms with van der Waals surface area (Å²) >= 11 is 0. The predicted molar refractivity (Wildman–Crippen MR) is 200 cm³/mol. The topological polar surface area (TPSA) is 59.1 Å². The van der Waals surface area contributed by atoms with E-state index in [9.17, 15) is 0 Å². The lowest BCUT2D eigenvalue weighted by Crippen LogP contribution is -2.67. The Balaban J connectivity index is 1.83. The summed E-state index contributed by atoms with van der Waals surface area (Å²) in [5, 5.41) is 0. The summed E-state index contributed by atoms with van der Waals surface area (Å²) in [6, 6.07) is 19.8. The van der Waals surface area contributed by atoms with Gasteiger partial charge in [0.1, 0.15) is 12.2 Å². The van der Waals surface area contributed by atoms with Crippen molar-refractivity contribution < 1.29 is 19.1 Å². The van der Waals surface area contributed by atoms with Gasteiger partial charge in [-0.2, -0.15) is 0 Å². The molecule has 0 amide bonds. The molecule has 0 N–H and O–H groups in total. The molecule has 6 heteroatoms. The van der Waals surface area contributed by atoms with Crippen molar-refractivity contribution in [3.05, 3.63) is 71.8 Å². The van der Waals surface area contributed by atoms with E-state index >= 15 is 9.59 Å². The molecule has 0 radical (unpaired) electrons. The highest BCUT2D eigenvalue weighted by Gasteiger charge is 2.57. The molecular formula is C43H66N2O4. The zero-order chi connectivity index (χ0) is 36.4. The lowest BCUT2D eigenvalue weighted by Gasteiger charge is -2.59. The van der Waals surface area contributed by atoms with Gasteiger partial charge < -0.3 is 9.47 Å². The normalized spacial score (nSPS) is 34.4. The van der Waals surface area contributed by atoms with Gasteiger partial charge in [-0.1, -0.05) is 102 Å². The summed E-state index contributed by atoms with van der Waals surface area (Å²) in [4.78, 5) is 35.4. The maximum atomic E-state index is 15.2. The molecule has 0 aliphatic carbocycles. The van der Waals surface area contributed by atoms with E-state index in [0.29, 0.717) is 12.8 Å². The number of ether oxygens (including phenoxy) is 2. The molecule has 0 aromatic heterocycles. The third-order valence-corrected chi connectivity index (χ3v) is 14.5. The fraction of sp³-hybridized carbons (Fsp3) is 0.674. The lowest BCUT2D eigenvalue weighted by molar-refractivity contribution is -0.198. The van der Waals surface area contributed by atoms with Crippen molar-refractivity contribution in [2.24, 2.45) is 17.3 Å². The van der Waals surface area contributed by atoms with E-state index in [2.05, 4.69) is 93.1 Å². The molecule has 8 unspecified atom stereocenters. The molecule has 6 nitrogen and oxygen atoms in total. The van der Waals surface area contributed by atoms with Crippen molar-refractivity contribution in [2.45, 2.75) is 155 Å². The van der Waals surface area contributed by atoms with Gasteiger partial charge in [0.25, 0.3) is 0 Å². The van der Waals surface area contributed by atoms with Crippen LogP contribution in [0.5, 0.6) is 0 Å². The second-order valence-corrected chi connectivity index (χ2v) is 16.5. The lowest BCUT2D eigenvalue weighted by atomic mass is 9.68. The van der Waals surface area contributed by atoms with E-state index in [-0.39, 0.29) is 59.0 Å². The molecule has 0 bridgehead atoms. The molecule has 0 saturated carbocycles. The minimum absolute atomic E-state index is 0.0673. The van der Waals surface area contributed by atoms with Gasteiger partial charge in [-0.25, -0.2) is 0 Å². The highest BCUT2D eigenvalue weighted by Crippen LogP contribution is 2.48. The van der Waals surface area contributed by atoms with Crippen molar-refractivity contribution in [2.75, 3.05) is 14.1 Å². The van der Waals surface area contributed by atoms with Crippen LogP contribution in [0, 0.1) is 17.3 Å². The zero-order valence-electron chi connectivity index (χ0n) is 32.8. The van der Waals surface area contributed by atoms with Gasteiger partial charge >= 0.3 is 11.9 Å². The Hall–Kier alpha value is -2.70. The first-order chi connectivity index (χ1) is 23.0. The Morgan fingerprint density at radius 2 is 0.959 bits per heavy atom. The van der Waals surface area contributed by atoms with Crippen LogP contribution in [-0.2, 0) is 31.9 Å². The van der Waals surface area contributed by atoms with Crippen LogP contribution >= 0.6 is 0 Å². The molecule has 272 valence electrons. The number of carbonyl (C=O) groups excluding carboxylic acids is 2. The number of benzene rings is 2. The summed E-state index contributed by atoms with van der Waals surface area (Å²) in [5.41, 5.74) is -0.386. The molecule has 2 aromatic rings. The number of rotatable bonds is 12. The first-order valence-electron chi connectivity index (χ1n) is 19.0. The van der Waals surface area contributed by atoms with Crippen LogP contribution in [0.4, 0.5) is 0 Å². The molecule has 2 saturated heterocycles. The van der Waals surface area contributed by atoms with Crippen LogP contribution in [-0.4, -0.2) is 70.2 Å². The first kappa shape index (κ1) is 39.1. The fourth-order valence-electron chi connectivity index (χ4n) is 9.13. The SMILES string of the molecule is CCC1(C)CC(OC(=O)C(Cc2ccccc2)(Cc2ccccc2)C(=O)OC2CC(C)(CC)N(C)C(C)(CC)C2C)C(C)C(C)(CC)N1C. The van der Waals surface area contributed by atoms with Gasteiger partial charge in [-0.15, -0.1) is 0 Å². The maximum Gasteiger partial charge on any atom is 0.324 e. The molecule has 2 aliphatic rings. The fourth-order valence-corrected chi connectivity index (χ4v) is 9.13. The van der Waals surface area contributed by atoms with E-state index in [4.69, 9.17) is 9.47 Å². The Morgan fingerprint density at radius 1 is 0.633 bits per heavy atom. The van der Waals surface area contributed by atoms with Crippen molar-refractivity contribution in [3.8, 4) is 0 Å². The van der Waals surface area contributed by atoms with Gasteiger partial charge in [0, 0.05) is 46.8 Å². The van der Waals surface area contributed by atoms with Gasteiger partial charge in [-0.3, -0.25) is 19.4 Å². The summed E-state index contributed by atoms with van der Waals surface area (Å²) < 4.78 is 13.5. The predicted octanol–water partition coefficient (Wildman–Crippen LogP) is 8.90. The Labute approximate surface area is 298 Å². The summed E-state index contributed by atoms with van der Waals surface area (Å²) in [7, 11) is 4.43. The number of nitrogens with zero attached hydrogens (tertiary/aromatic N) is 2. The zero-order valence-corrected chi connectivity index (χ0v) is 32.8. The van der Waals surface area contributed by atoms with Crippen LogP contribution in [0.15, 0.2) is 60.7 Å². The quantitative estimate of drug-likeness (QED) is 0.166. The largest absolute Gasteiger partial charge is 0.461 e. The molecule has 8 atom stereocenters. The molecule has 49 heavy (non-hydrogen) atoms. The minimum Gasteiger partial charge on any atom is -0.461 e. The highest BCUT2D eigenvalue weighted by molar-refractivity contribution is 6.01. The molecule has 2 aliphatic heterocycles. The average molecular weight is 675 g/mol. The number of likely N-dealkylation sites (tertiary alicyclic amines) is 2. The van der Waals surface area contributed by atoms with E-state index in [1.165, 1.54) is 0 Å². The first-order valence-corrected chi connectivity index (χ1v) is 19.0. The maximum absolute atomic E-state index is 15.2. The van der Waals surface area contributed by atoms with Crippen molar-refractivity contribution in [3.63, 3.8) is 0 Å². The van der Waals surface area contributed by atoms with Crippen LogP contribution < -0.4 is 0 Å². The standard InChI is InChI=1S/C43H66N2O4/c1-13-39(7)29-35(31(5)41(9,15-3)44(39)11)48-37(46)43(27-33-23-19-17-20-24-33,28-34-25-21-18-22-26-34)38(47)49-36-30-40(8,14-2)45(12)42(10,16-4)32(36)6/h17-26,31-32,35-36H,13-16,27-30H2,1-12H3. The van der Waals surface area contributed by atoms with E-state index in [0.717, 1.165) is 36.8 Å². The molecule has 2 fully saturated rings. The van der Waals surface area contributed by atoms with Crippen LogP contribution in [0.3, 0.4) is 0 Å². The van der Waals surface area contributed by atoms with Crippen LogP contribution in [0.25, 0.3) is 0 Å². The number of esters is 2. The Bertz CT molecular complexity index is 1310. The Kier molecular flexibility index (Phi) is 11.9. The third kappa shape index (κ3) is 7.11. The van der Waals surface area contributed by atoms with Crippen LogP contribution in [0.2, 0.25) is 0 Å². The van der Waals surface area contributed by atoms with Gasteiger partial charge in [0.15, 0.2) is 5.41 Å². The van der Waals surface area contributed by atoms with Crippen molar-refractivity contribution in [1.82, 2.24) is 9.80 Å². The second-order valence-electron chi connectivity index (χ2n) is 16.5. The van der Waals surface area contributed by atoms with E-state index in [1.54, 1.807) is 0 Å². The molecular weight excluding hydrogens is 608 g/mol. The van der Waals surface area contributed by atoms with E-state index < -0.39 is 17.4 Å². The molecule has 4 rings (SSSR count). The van der Waals surface area contributed by atoms with Crippen molar-refractivity contribution >= 4 is 11.9 Å². The number of piperidine rings is 2. The van der Waals surface area contributed by atoms with Gasteiger partial charge in [0.2, 0.25) is 0 Å². The monoisotopic (exact) mass is 675 g/mol.